The van der Waals surface area contributed by atoms with Gasteiger partial charge in [0.1, 0.15) is 0 Å². The van der Waals surface area contributed by atoms with Crippen LogP contribution in [0.3, 0.4) is 0 Å². The van der Waals surface area contributed by atoms with Crippen LogP contribution in [0.5, 0.6) is 0 Å². The van der Waals surface area contributed by atoms with E-state index >= 15 is 0 Å². The van der Waals surface area contributed by atoms with E-state index in [9.17, 15) is 19.3 Å². The number of piperidine rings is 1. The van der Waals surface area contributed by atoms with E-state index < -0.39 is 10.7 Å². The number of nitro groups is 1. The Kier molecular flexibility index (Phi) is 7.98. The van der Waals surface area contributed by atoms with E-state index in [1.54, 1.807) is 0 Å². The zero-order valence-corrected chi connectivity index (χ0v) is 17.6. The van der Waals surface area contributed by atoms with Gasteiger partial charge in [0.2, 0.25) is 0 Å². The molecule has 2 aliphatic heterocycles. The number of anilines is 1. The number of benzene rings is 1. The molecule has 3 rings (SSSR count). The lowest BCUT2D eigenvalue weighted by Gasteiger charge is -2.37. The summed E-state index contributed by atoms with van der Waals surface area (Å²) in [5.41, 5.74) is 0.241. The summed E-state index contributed by atoms with van der Waals surface area (Å²) in [5, 5.41) is 10.8. The summed E-state index contributed by atoms with van der Waals surface area (Å²) in [6.07, 6.45) is 3.12. The van der Waals surface area contributed by atoms with Gasteiger partial charge in [0.15, 0.2) is 5.82 Å². The number of piperazine rings is 1. The van der Waals surface area contributed by atoms with Crippen molar-refractivity contribution in [2.75, 3.05) is 63.9 Å². The summed E-state index contributed by atoms with van der Waals surface area (Å²) < 4.78 is 19.3. The summed E-state index contributed by atoms with van der Waals surface area (Å²) in [7, 11) is 0. The van der Waals surface area contributed by atoms with Crippen molar-refractivity contribution in [3.63, 3.8) is 0 Å². The van der Waals surface area contributed by atoms with Crippen molar-refractivity contribution < 1.29 is 18.8 Å². The Labute approximate surface area is 176 Å². The van der Waals surface area contributed by atoms with Crippen LogP contribution in [0.1, 0.15) is 26.2 Å². The van der Waals surface area contributed by atoms with Crippen LogP contribution in [0.15, 0.2) is 18.2 Å². The molecule has 0 amide bonds. The van der Waals surface area contributed by atoms with Crippen LogP contribution in [0.25, 0.3) is 0 Å². The topological polar surface area (TPSA) is 79.2 Å². The molecule has 30 heavy (non-hydrogen) atoms. The fourth-order valence-electron chi connectivity index (χ4n) is 4.25. The van der Waals surface area contributed by atoms with Gasteiger partial charge in [-0.3, -0.25) is 19.8 Å². The molecule has 0 bridgehead atoms. The molecule has 0 aromatic heterocycles. The molecule has 0 atom stereocenters. The SMILES string of the molecule is CCOC(=O)CN1CCN(CCC2CCN(c3ccc([N+](=O)[O-])cc3F)CC2)CC1. The molecule has 166 valence electrons. The van der Waals surface area contributed by atoms with Gasteiger partial charge in [-0.25, -0.2) is 4.39 Å². The maximum atomic E-state index is 14.3. The molecule has 2 fully saturated rings. The molecule has 9 heteroatoms. The minimum absolute atomic E-state index is 0.151. The third-order valence-corrected chi connectivity index (χ3v) is 6.07. The first-order valence-corrected chi connectivity index (χ1v) is 10.8. The number of ether oxygens (including phenoxy) is 1. The largest absolute Gasteiger partial charge is 0.465 e. The zero-order chi connectivity index (χ0) is 21.5. The minimum atomic E-state index is -0.574. The summed E-state index contributed by atoms with van der Waals surface area (Å²) in [6, 6.07) is 3.89. The number of hydrogen-bond donors (Lipinski definition) is 0. The first-order valence-electron chi connectivity index (χ1n) is 10.8. The first kappa shape index (κ1) is 22.4. The van der Waals surface area contributed by atoms with Crippen LogP contribution in [0, 0.1) is 21.8 Å². The van der Waals surface area contributed by atoms with Crippen LogP contribution < -0.4 is 4.90 Å². The normalized spacial score (nSPS) is 19.1. The highest BCUT2D eigenvalue weighted by Gasteiger charge is 2.24. The maximum absolute atomic E-state index is 14.3. The number of esters is 1. The van der Waals surface area contributed by atoms with E-state index in [1.165, 1.54) is 12.1 Å². The molecule has 2 aliphatic rings. The Balaban J connectivity index is 1.37. The zero-order valence-electron chi connectivity index (χ0n) is 17.6. The van der Waals surface area contributed by atoms with Gasteiger partial charge < -0.3 is 14.5 Å². The van der Waals surface area contributed by atoms with Crippen molar-refractivity contribution in [1.29, 1.82) is 0 Å². The van der Waals surface area contributed by atoms with Gasteiger partial charge in [0.25, 0.3) is 5.69 Å². The van der Waals surface area contributed by atoms with Gasteiger partial charge in [-0.1, -0.05) is 0 Å². The van der Waals surface area contributed by atoms with Crippen LogP contribution in [-0.2, 0) is 9.53 Å². The monoisotopic (exact) mass is 422 g/mol. The van der Waals surface area contributed by atoms with Gasteiger partial charge in [0, 0.05) is 45.3 Å². The molecule has 0 unspecified atom stereocenters. The average Bonchev–Trinajstić information content (AvgIpc) is 2.74. The van der Waals surface area contributed by atoms with Crippen molar-refractivity contribution in [1.82, 2.24) is 9.80 Å². The van der Waals surface area contributed by atoms with Crippen molar-refractivity contribution in [3.05, 3.63) is 34.1 Å². The molecule has 0 aliphatic carbocycles. The molecular formula is C21H31FN4O4. The van der Waals surface area contributed by atoms with E-state index in [2.05, 4.69) is 9.80 Å². The molecule has 1 aromatic rings. The van der Waals surface area contributed by atoms with Crippen LogP contribution in [0.4, 0.5) is 15.8 Å². The van der Waals surface area contributed by atoms with Crippen molar-refractivity contribution in [2.24, 2.45) is 5.92 Å². The van der Waals surface area contributed by atoms with Crippen molar-refractivity contribution in [3.8, 4) is 0 Å². The number of hydrogen-bond acceptors (Lipinski definition) is 7. The highest BCUT2D eigenvalue weighted by molar-refractivity contribution is 5.71. The molecule has 8 nitrogen and oxygen atoms in total. The van der Waals surface area contributed by atoms with E-state index in [4.69, 9.17) is 4.74 Å². The molecule has 0 radical (unpaired) electrons. The maximum Gasteiger partial charge on any atom is 0.320 e. The quantitative estimate of drug-likeness (QED) is 0.362. The Morgan fingerprint density at radius 1 is 1.17 bits per heavy atom. The predicted octanol–water partition coefficient (Wildman–Crippen LogP) is 2.52. The van der Waals surface area contributed by atoms with E-state index in [-0.39, 0.29) is 11.7 Å². The Morgan fingerprint density at radius 3 is 2.43 bits per heavy atom. The van der Waals surface area contributed by atoms with E-state index in [0.717, 1.165) is 71.1 Å². The fourth-order valence-corrected chi connectivity index (χ4v) is 4.25. The second-order valence-electron chi connectivity index (χ2n) is 8.03. The Morgan fingerprint density at radius 2 is 1.83 bits per heavy atom. The van der Waals surface area contributed by atoms with Gasteiger partial charge in [-0.15, -0.1) is 0 Å². The van der Waals surface area contributed by atoms with E-state index in [0.29, 0.717) is 24.8 Å². The summed E-state index contributed by atoms with van der Waals surface area (Å²) in [5.74, 6) is -0.0644. The number of halogens is 1. The summed E-state index contributed by atoms with van der Waals surface area (Å²) >= 11 is 0. The fraction of sp³-hybridized carbons (Fsp3) is 0.667. The molecule has 1 aromatic carbocycles. The molecule has 0 N–H and O–H groups in total. The standard InChI is InChI=1S/C21H31FN4O4/c1-2-30-21(27)16-24-13-11-23(12-14-24)8-5-17-6-9-25(10-7-17)20-4-3-18(26(28)29)15-19(20)22/h3-4,15,17H,2,5-14,16H2,1H3. The first-order chi connectivity index (χ1) is 14.5. The lowest BCUT2D eigenvalue weighted by atomic mass is 9.93. The molecule has 0 spiro atoms. The average molecular weight is 423 g/mol. The molecule has 2 saturated heterocycles. The third-order valence-electron chi connectivity index (χ3n) is 6.07. The number of non-ortho nitro benzene ring substituents is 1. The molecular weight excluding hydrogens is 391 g/mol. The van der Waals surface area contributed by atoms with Crippen molar-refractivity contribution in [2.45, 2.75) is 26.2 Å². The number of carbonyl (C=O) groups excluding carboxylic acids is 1. The number of nitrogens with zero attached hydrogens (tertiary/aromatic N) is 4. The van der Waals surface area contributed by atoms with E-state index in [1.807, 2.05) is 11.8 Å². The number of carbonyl (C=O) groups is 1. The highest BCUT2D eigenvalue weighted by atomic mass is 19.1. The highest BCUT2D eigenvalue weighted by Crippen LogP contribution is 2.29. The Hall–Kier alpha value is -2.26. The minimum Gasteiger partial charge on any atom is -0.465 e. The predicted molar refractivity (Wildman–Crippen MR) is 112 cm³/mol. The smallest absolute Gasteiger partial charge is 0.320 e. The molecule has 0 saturated carbocycles. The Bertz CT molecular complexity index is 732. The van der Waals surface area contributed by atoms with Crippen LogP contribution >= 0.6 is 0 Å². The second kappa shape index (κ2) is 10.7. The van der Waals surface area contributed by atoms with Gasteiger partial charge >= 0.3 is 5.97 Å². The molecule has 2 heterocycles. The van der Waals surface area contributed by atoms with Crippen LogP contribution in [0.2, 0.25) is 0 Å². The summed E-state index contributed by atoms with van der Waals surface area (Å²) in [6.45, 7) is 8.91. The number of rotatable bonds is 8. The lowest BCUT2D eigenvalue weighted by molar-refractivity contribution is -0.385. The van der Waals surface area contributed by atoms with Gasteiger partial charge in [0.05, 0.1) is 29.8 Å². The van der Waals surface area contributed by atoms with Gasteiger partial charge in [-0.2, -0.15) is 0 Å². The lowest BCUT2D eigenvalue weighted by Crippen LogP contribution is -2.48. The van der Waals surface area contributed by atoms with Crippen molar-refractivity contribution >= 4 is 17.3 Å². The summed E-state index contributed by atoms with van der Waals surface area (Å²) in [4.78, 5) is 28.4. The van der Waals surface area contributed by atoms with Crippen LogP contribution in [-0.4, -0.2) is 79.7 Å². The second-order valence-corrected chi connectivity index (χ2v) is 8.03. The van der Waals surface area contributed by atoms with Gasteiger partial charge in [-0.05, 0) is 44.7 Å². The third kappa shape index (κ3) is 6.12. The number of nitro benzene ring substituents is 1.